The largest absolute Gasteiger partial charge is 0.490 e. The number of hydrogen-bond donors (Lipinski definition) is 0. The third-order valence-electron chi connectivity index (χ3n) is 7.33. The molecule has 1 heterocycles. The standard InChI is InChI=1S/C27H37BO4Si/c1-21(28-31-26(3,4)27(5,6)32-28)23(18-19-30-22(2)29)20-33(7,24-14-10-8-11-15-24)25-16-12-9-13-17-25/h8-17,23H,1,18-20H2,2-7H3/t23-/m1/s1. The number of carbonyl (C=O) groups is 1. The smallest absolute Gasteiger partial charge is 0.466 e. The fourth-order valence-corrected chi connectivity index (χ4v) is 8.57. The molecule has 33 heavy (non-hydrogen) atoms. The van der Waals surface area contributed by atoms with Crippen molar-refractivity contribution >= 4 is 31.5 Å². The first-order chi connectivity index (χ1) is 15.5. The first kappa shape index (κ1) is 25.5. The van der Waals surface area contributed by atoms with Gasteiger partial charge in [-0.3, -0.25) is 4.79 Å². The van der Waals surface area contributed by atoms with E-state index in [9.17, 15) is 4.79 Å². The van der Waals surface area contributed by atoms with Crippen LogP contribution >= 0.6 is 0 Å². The Bertz CT molecular complexity index is 903. The van der Waals surface area contributed by atoms with E-state index < -0.39 is 26.4 Å². The average Bonchev–Trinajstić information content (AvgIpc) is 3.00. The third-order valence-corrected chi connectivity index (χ3v) is 11.9. The van der Waals surface area contributed by atoms with Crippen molar-refractivity contribution in [2.45, 2.75) is 64.8 Å². The number of carbonyl (C=O) groups excluding carboxylic acids is 1. The molecule has 4 nitrogen and oxygen atoms in total. The second-order valence-electron chi connectivity index (χ2n) is 10.3. The summed E-state index contributed by atoms with van der Waals surface area (Å²) in [5.74, 6) is -0.183. The maximum Gasteiger partial charge on any atom is 0.490 e. The number of hydrogen-bond acceptors (Lipinski definition) is 4. The van der Waals surface area contributed by atoms with Gasteiger partial charge in [-0.25, -0.2) is 0 Å². The molecule has 0 aromatic heterocycles. The summed E-state index contributed by atoms with van der Waals surface area (Å²) in [6.45, 7) is 16.9. The molecule has 176 valence electrons. The number of benzene rings is 2. The summed E-state index contributed by atoms with van der Waals surface area (Å²) in [6, 6.07) is 22.4. The molecule has 0 unspecified atom stereocenters. The van der Waals surface area contributed by atoms with E-state index in [1.807, 2.05) is 0 Å². The van der Waals surface area contributed by atoms with Crippen molar-refractivity contribution in [3.63, 3.8) is 0 Å². The van der Waals surface area contributed by atoms with E-state index in [0.717, 1.165) is 11.5 Å². The quantitative estimate of drug-likeness (QED) is 0.401. The van der Waals surface area contributed by atoms with E-state index in [1.165, 1.54) is 17.3 Å². The van der Waals surface area contributed by atoms with Crippen LogP contribution in [0.1, 0.15) is 41.0 Å². The minimum Gasteiger partial charge on any atom is -0.466 e. The van der Waals surface area contributed by atoms with Crippen molar-refractivity contribution in [1.82, 2.24) is 0 Å². The first-order valence-corrected chi connectivity index (χ1v) is 14.5. The summed E-state index contributed by atoms with van der Waals surface area (Å²) < 4.78 is 18.0. The van der Waals surface area contributed by atoms with Crippen molar-refractivity contribution in [2.24, 2.45) is 5.92 Å². The number of esters is 1. The zero-order chi connectivity index (χ0) is 24.3. The summed E-state index contributed by atoms with van der Waals surface area (Å²) in [5.41, 5.74) is 0.0627. The van der Waals surface area contributed by atoms with Gasteiger partial charge in [0, 0.05) is 6.92 Å². The normalized spacial score (nSPS) is 18.1. The first-order valence-electron chi connectivity index (χ1n) is 11.7. The Morgan fingerprint density at radius 3 is 1.85 bits per heavy atom. The van der Waals surface area contributed by atoms with Crippen LogP contribution in [0, 0.1) is 5.92 Å². The lowest BCUT2D eigenvalue weighted by Crippen LogP contribution is -2.57. The molecule has 1 aliphatic heterocycles. The van der Waals surface area contributed by atoms with Crippen molar-refractivity contribution in [1.29, 1.82) is 0 Å². The van der Waals surface area contributed by atoms with Crippen LogP contribution in [0.2, 0.25) is 12.6 Å². The van der Waals surface area contributed by atoms with Gasteiger partial charge in [-0.05, 0) is 51.6 Å². The summed E-state index contributed by atoms with van der Waals surface area (Å²) in [5, 5.41) is 2.74. The minimum absolute atomic E-state index is 0.0797. The number of ether oxygens (including phenoxy) is 1. The van der Waals surface area contributed by atoms with Gasteiger partial charge in [0.1, 0.15) is 8.07 Å². The Kier molecular flexibility index (Phi) is 7.72. The third kappa shape index (κ3) is 5.68. The van der Waals surface area contributed by atoms with E-state index in [1.54, 1.807) is 0 Å². The monoisotopic (exact) mass is 464 g/mol. The van der Waals surface area contributed by atoms with Gasteiger partial charge >= 0.3 is 13.1 Å². The highest BCUT2D eigenvalue weighted by Crippen LogP contribution is 2.41. The molecule has 0 bridgehead atoms. The molecule has 1 aliphatic rings. The predicted molar refractivity (Wildman–Crippen MR) is 139 cm³/mol. The van der Waals surface area contributed by atoms with Crippen LogP contribution in [-0.2, 0) is 18.8 Å². The zero-order valence-electron chi connectivity index (χ0n) is 20.9. The molecule has 1 fully saturated rings. The summed E-state index contributed by atoms with van der Waals surface area (Å²) in [4.78, 5) is 11.5. The van der Waals surface area contributed by atoms with Gasteiger partial charge in [0.15, 0.2) is 0 Å². The van der Waals surface area contributed by atoms with Crippen molar-refractivity contribution in [2.75, 3.05) is 6.61 Å². The Balaban J connectivity index is 1.95. The van der Waals surface area contributed by atoms with Crippen LogP contribution in [0.15, 0.2) is 72.7 Å². The Hall–Kier alpha value is -2.15. The van der Waals surface area contributed by atoms with Crippen LogP contribution in [0.3, 0.4) is 0 Å². The highest BCUT2D eigenvalue weighted by atomic mass is 28.3. The average molecular weight is 464 g/mol. The Morgan fingerprint density at radius 2 is 1.42 bits per heavy atom. The molecule has 3 rings (SSSR count). The van der Waals surface area contributed by atoms with Crippen molar-refractivity contribution < 1.29 is 18.8 Å². The lowest BCUT2D eigenvalue weighted by molar-refractivity contribution is -0.141. The summed E-state index contributed by atoms with van der Waals surface area (Å²) in [6.07, 6.45) is 0.685. The molecule has 0 amide bonds. The molecule has 0 N–H and O–H groups in total. The Labute approximate surface area is 200 Å². The van der Waals surface area contributed by atoms with Crippen molar-refractivity contribution in [3.05, 3.63) is 72.7 Å². The van der Waals surface area contributed by atoms with Gasteiger partial charge in [-0.1, -0.05) is 77.6 Å². The molecule has 0 radical (unpaired) electrons. The molecule has 0 aliphatic carbocycles. The molecular formula is C27H37BO4Si. The van der Waals surface area contributed by atoms with E-state index >= 15 is 0 Å². The molecule has 1 atom stereocenters. The minimum atomic E-state index is -2.14. The highest BCUT2D eigenvalue weighted by Gasteiger charge is 2.53. The fourth-order valence-electron chi connectivity index (χ4n) is 4.46. The topological polar surface area (TPSA) is 44.8 Å². The molecular weight excluding hydrogens is 427 g/mol. The van der Waals surface area contributed by atoms with Gasteiger partial charge in [0.05, 0.1) is 17.8 Å². The molecule has 0 saturated carbocycles. The highest BCUT2D eigenvalue weighted by molar-refractivity contribution is 7.01. The van der Waals surface area contributed by atoms with Gasteiger partial charge in [-0.15, -0.1) is 6.58 Å². The van der Waals surface area contributed by atoms with E-state index in [4.69, 9.17) is 14.0 Å². The summed E-state index contributed by atoms with van der Waals surface area (Å²) in [7, 11) is -2.62. The molecule has 6 heteroatoms. The van der Waals surface area contributed by atoms with Crippen LogP contribution in [0.25, 0.3) is 0 Å². The maximum absolute atomic E-state index is 11.5. The maximum atomic E-state index is 11.5. The Morgan fingerprint density at radius 1 is 0.970 bits per heavy atom. The van der Waals surface area contributed by atoms with Crippen LogP contribution < -0.4 is 10.4 Å². The molecule has 0 spiro atoms. The lowest BCUT2D eigenvalue weighted by atomic mass is 9.71. The lowest BCUT2D eigenvalue weighted by Gasteiger charge is -2.34. The van der Waals surface area contributed by atoms with Gasteiger partial charge < -0.3 is 14.0 Å². The molecule has 2 aromatic carbocycles. The number of allylic oxidation sites excluding steroid dienone is 1. The van der Waals surface area contributed by atoms with E-state index in [0.29, 0.717) is 13.0 Å². The van der Waals surface area contributed by atoms with E-state index in [2.05, 4.69) is 101 Å². The van der Waals surface area contributed by atoms with Gasteiger partial charge in [0.2, 0.25) is 0 Å². The molecule has 2 aromatic rings. The van der Waals surface area contributed by atoms with Crippen LogP contribution in [-0.4, -0.2) is 39.0 Å². The summed E-state index contributed by atoms with van der Waals surface area (Å²) >= 11 is 0. The predicted octanol–water partition coefficient (Wildman–Crippen LogP) is 4.64. The SMILES string of the molecule is C=C(B1OC(C)(C)C(C)(C)O1)[C@H](CCOC(C)=O)C[Si](C)(c1ccccc1)c1ccccc1. The van der Waals surface area contributed by atoms with Gasteiger partial charge in [-0.2, -0.15) is 0 Å². The second kappa shape index (κ2) is 10.00. The zero-order valence-corrected chi connectivity index (χ0v) is 21.9. The van der Waals surface area contributed by atoms with Crippen LogP contribution in [0.5, 0.6) is 0 Å². The number of rotatable bonds is 9. The molecule has 1 saturated heterocycles. The van der Waals surface area contributed by atoms with Crippen LogP contribution in [0.4, 0.5) is 0 Å². The van der Waals surface area contributed by atoms with E-state index in [-0.39, 0.29) is 11.9 Å². The van der Waals surface area contributed by atoms with Crippen molar-refractivity contribution in [3.8, 4) is 0 Å². The fraction of sp³-hybridized carbons (Fsp3) is 0.444. The second-order valence-corrected chi connectivity index (χ2v) is 14.5. The van der Waals surface area contributed by atoms with Gasteiger partial charge in [0.25, 0.3) is 0 Å².